The van der Waals surface area contributed by atoms with Gasteiger partial charge in [-0.1, -0.05) is 6.42 Å². The van der Waals surface area contributed by atoms with E-state index in [0.29, 0.717) is 5.92 Å². The highest BCUT2D eigenvalue weighted by atomic mass is 15.1. The first-order chi connectivity index (χ1) is 7.93. The maximum Gasteiger partial charge on any atom is 0.113 e. The molecule has 0 bridgehead atoms. The summed E-state index contributed by atoms with van der Waals surface area (Å²) in [6.07, 6.45) is 11.0. The van der Waals surface area contributed by atoms with Gasteiger partial charge in [-0.05, 0) is 38.1 Å². The smallest absolute Gasteiger partial charge is 0.113 e. The summed E-state index contributed by atoms with van der Waals surface area (Å²) in [5, 5.41) is 3.48. The zero-order valence-electron chi connectivity index (χ0n) is 9.86. The Morgan fingerprint density at radius 3 is 2.94 bits per heavy atom. The summed E-state index contributed by atoms with van der Waals surface area (Å²) >= 11 is 0. The van der Waals surface area contributed by atoms with Crippen LogP contribution < -0.4 is 5.32 Å². The molecule has 2 heterocycles. The second-order valence-corrected chi connectivity index (χ2v) is 5.28. The van der Waals surface area contributed by atoms with E-state index in [0.717, 1.165) is 12.5 Å². The molecule has 1 aliphatic carbocycles. The van der Waals surface area contributed by atoms with E-state index < -0.39 is 0 Å². The van der Waals surface area contributed by atoms with Crippen LogP contribution in [0, 0.1) is 5.92 Å². The maximum atomic E-state index is 4.57. The fourth-order valence-electron chi connectivity index (χ4n) is 2.86. The molecule has 0 amide bonds. The van der Waals surface area contributed by atoms with Gasteiger partial charge in [-0.15, -0.1) is 0 Å². The number of nitrogens with zero attached hydrogens (tertiary/aromatic N) is 2. The van der Waals surface area contributed by atoms with E-state index >= 15 is 0 Å². The Hall–Kier alpha value is -0.830. The molecule has 1 saturated heterocycles. The number of imidazole rings is 1. The van der Waals surface area contributed by atoms with Crippen LogP contribution in [0.4, 0.5) is 0 Å². The van der Waals surface area contributed by atoms with Crippen molar-refractivity contribution in [3.8, 4) is 0 Å². The monoisotopic (exact) mass is 219 g/mol. The lowest BCUT2D eigenvalue weighted by atomic mass is 9.85. The third kappa shape index (κ3) is 2.01. The molecular formula is C13H21N3. The summed E-state index contributed by atoms with van der Waals surface area (Å²) in [6.45, 7) is 3.49. The predicted molar refractivity (Wildman–Crippen MR) is 64.4 cm³/mol. The minimum atomic E-state index is 0.642. The summed E-state index contributed by atoms with van der Waals surface area (Å²) in [6, 6.07) is 0. The molecule has 16 heavy (non-hydrogen) atoms. The fourth-order valence-corrected chi connectivity index (χ4v) is 2.86. The van der Waals surface area contributed by atoms with Gasteiger partial charge < -0.3 is 9.88 Å². The van der Waals surface area contributed by atoms with Gasteiger partial charge in [-0.2, -0.15) is 0 Å². The molecule has 88 valence electrons. The van der Waals surface area contributed by atoms with E-state index in [1.807, 2.05) is 6.20 Å². The second-order valence-electron chi connectivity index (χ2n) is 5.28. The fraction of sp³-hybridized carbons (Fsp3) is 0.769. The SMILES string of the molecule is c1cn(CC2CCC2)c(C2CCCNC2)n1. The minimum absolute atomic E-state index is 0.642. The van der Waals surface area contributed by atoms with Gasteiger partial charge >= 0.3 is 0 Å². The molecule has 1 atom stereocenters. The molecule has 0 radical (unpaired) electrons. The first-order valence-electron chi connectivity index (χ1n) is 6.65. The summed E-state index contributed by atoms with van der Waals surface area (Å²) in [4.78, 5) is 4.57. The van der Waals surface area contributed by atoms with Crippen molar-refractivity contribution in [2.45, 2.75) is 44.6 Å². The molecule has 1 aliphatic heterocycles. The van der Waals surface area contributed by atoms with Crippen LogP contribution in [0.5, 0.6) is 0 Å². The zero-order chi connectivity index (χ0) is 10.8. The van der Waals surface area contributed by atoms with Crippen LogP contribution in [0.2, 0.25) is 0 Å². The molecule has 3 rings (SSSR count). The number of hydrogen-bond acceptors (Lipinski definition) is 2. The van der Waals surface area contributed by atoms with E-state index in [2.05, 4.69) is 21.1 Å². The molecule has 3 nitrogen and oxygen atoms in total. The van der Waals surface area contributed by atoms with E-state index in [1.54, 1.807) is 0 Å². The normalized spacial score (nSPS) is 26.6. The van der Waals surface area contributed by atoms with Crippen LogP contribution in [-0.4, -0.2) is 22.6 Å². The van der Waals surface area contributed by atoms with Crippen molar-refractivity contribution in [2.75, 3.05) is 13.1 Å². The molecule has 0 spiro atoms. The van der Waals surface area contributed by atoms with Gasteiger partial charge in [0.2, 0.25) is 0 Å². The Kier molecular flexibility index (Phi) is 2.96. The lowest BCUT2D eigenvalue weighted by molar-refractivity contribution is 0.270. The molecule has 1 aromatic rings. The Balaban J connectivity index is 1.70. The van der Waals surface area contributed by atoms with Crippen LogP contribution >= 0.6 is 0 Å². The largest absolute Gasteiger partial charge is 0.334 e. The number of aromatic nitrogens is 2. The summed E-state index contributed by atoms with van der Waals surface area (Å²) in [5.74, 6) is 2.88. The molecular weight excluding hydrogens is 198 g/mol. The number of nitrogens with one attached hydrogen (secondary N) is 1. The topological polar surface area (TPSA) is 29.9 Å². The van der Waals surface area contributed by atoms with Crippen LogP contribution in [0.1, 0.15) is 43.8 Å². The van der Waals surface area contributed by atoms with Crippen molar-refractivity contribution in [2.24, 2.45) is 5.92 Å². The Morgan fingerprint density at radius 2 is 2.25 bits per heavy atom. The molecule has 1 unspecified atom stereocenters. The van der Waals surface area contributed by atoms with Crippen molar-refractivity contribution in [3.63, 3.8) is 0 Å². The Labute approximate surface area is 97.3 Å². The van der Waals surface area contributed by atoms with E-state index in [-0.39, 0.29) is 0 Å². The third-order valence-electron chi connectivity index (χ3n) is 4.09. The third-order valence-corrected chi connectivity index (χ3v) is 4.09. The molecule has 2 aliphatic rings. The van der Waals surface area contributed by atoms with Crippen molar-refractivity contribution in [1.29, 1.82) is 0 Å². The van der Waals surface area contributed by atoms with E-state index in [4.69, 9.17) is 0 Å². The van der Waals surface area contributed by atoms with Crippen LogP contribution in [-0.2, 0) is 6.54 Å². The highest BCUT2D eigenvalue weighted by Crippen LogP contribution is 2.29. The molecule has 1 N–H and O–H groups in total. The van der Waals surface area contributed by atoms with Crippen molar-refractivity contribution in [1.82, 2.24) is 14.9 Å². The van der Waals surface area contributed by atoms with Gasteiger partial charge in [0.05, 0.1) is 0 Å². The number of piperidine rings is 1. The average molecular weight is 219 g/mol. The van der Waals surface area contributed by atoms with Crippen molar-refractivity contribution in [3.05, 3.63) is 18.2 Å². The number of hydrogen-bond donors (Lipinski definition) is 1. The Morgan fingerprint density at radius 1 is 1.31 bits per heavy atom. The molecule has 0 aromatic carbocycles. The first-order valence-corrected chi connectivity index (χ1v) is 6.65. The Bertz CT molecular complexity index is 335. The number of rotatable bonds is 3. The van der Waals surface area contributed by atoms with Gasteiger partial charge in [-0.3, -0.25) is 0 Å². The van der Waals surface area contributed by atoms with E-state index in [1.165, 1.54) is 51.0 Å². The van der Waals surface area contributed by atoms with E-state index in [9.17, 15) is 0 Å². The highest BCUT2D eigenvalue weighted by Gasteiger charge is 2.23. The van der Waals surface area contributed by atoms with Crippen LogP contribution in [0.25, 0.3) is 0 Å². The van der Waals surface area contributed by atoms with Crippen molar-refractivity contribution >= 4 is 0 Å². The summed E-state index contributed by atoms with van der Waals surface area (Å²) in [5.41, 5.74) is 0. The first kappa shape index (κ1) is 10.3. The van der Waals surface area contributed by atoms with Gasteiger partial charge in [0.15, 0.2) is 0 Å². The molecule has 3 heteroatoms. The van der Waals surface area contributed by atoms with Crippen molar-refractivity contribution < 1.29 is 0 Å². The zero-order valence-corrected chi connectivity index (χ0v) is 9.86. The van der Waals surface area contributed by atoms with Gasteiger partial charge in [0, 0.05) is 31.4 Å². The molecule has 2 fully saturated rings. The standard InChI is InChI=1S/C13H21N3/c1-3-11(4-1)10-16-8-7-15-13(16)12-5-2-6-14-9-12/h7-8,11-12,14H,1-6,9-10H2. The summed E-state index contributed by atoms with van der Waals surface area (Å²) < 4.78 is 2.40. The minimum Gasteiger partial charge on any atom is -0.334 e. The van der Waals surface area contributed by atoms with Crippen LogP contribution in [0.3, 0.4) is 0 Å². The van der Waals surface area contributed by atoms with Gasteiger partial charge in [-0.25, -0.2) is 4.98 Å². The highest BCUT2D eigenvalue weighted by molar-refractivity contribution is 5.03. The van der Waals surface area contributed by atoms with Gasteiger partial charge in [0.1, 0.15) is 5.82 Å². The molecule has 1 aromatic heterocycles. The lowest BCUT2D eigenvalue weighted by Gasteiger charge is -2.28. The quantitative estimate of drug-likeness (QED) is 0.844. The average Bonchev–Trinajstić information content (AvgIpc) is 2.73. The lowest BCUT2D eigenvalue weighted by Crippen LogP contribution is -2.30. The van der Waals surface area contributed by atoms with Gasteiger partial charge in [0.25, 0.3) is 0 Å². The second kappa shape index (κ2) is 4.58. The van der Waals surface area contributed by atoms with Crippen LogP contribution in [0.15, 0.2) is 12.4 Å². The summed E-state index contributed by atoms with van der Waals surface area (Å²) in [7, 11) is 0. The predicted octanol–water partition coefficient (Wildman–Crippen LogP) is 2.15. The molecule has 1 saturated carbocycles. The maximum absolute atomic E-state index is 4.57.